The molecule has 0 radical (unpaired) electrons. The molecule has 0 N–H and O–H groups in total. The van der Waals surface area contributed by atoms with Gasteiger partial charge >= 0.3 is 0 Å². The van der Waals surface area contributed by atoms with Crippen LogP contribution in [0.1, 0.15) is 24.5 Å². The molecule has 1 saturated heterocycles. The van der Waals surface area contributed by atoms with Crippen molar-refractivity contribution < 1.29 is 14.3 Å². The van der Waals surface area contributed by atoms with Crippen LogP contribution in [0.15, 0.2) is 48.8 Å². The number of rotatable bonds is 5. The van der Waals surface area contributed by atoms with Gasteiger partial charge in [0.25, 0.3) is 5.91 Å². The standard InChI is InChI=1S/C20H21N5O3/c26-20(12-27-19-9-8-18-22-21-13-25(18)23-19)24-10-16(14-4-2-1-3-5-14)28-17(11-24)15-6-7-15/h1-5,8-9,13,15-17H,6-7,10-12H2/t16-,17+/m0/s1. The zero-order valence-corrected chi connectivity index (χ0v) is 15.3. The van der Waals surface area contributed by atoms with Gasteiger partial charge in [-0.05, 0) is 30.4 Å². The second-order valence-corrected chi connectivity index (χ2v) is 7.30. The molecule has 1 saturated carbocycles. The largest absolute Gasteiger partial charge is 0.467 e. The minimum atomic E-state index is -0.101. The van der Waals surface area contributed by atoms with Gasteiger partial charge in [0, 0.05) is 12.6 Å². The van der Waals surface area contributed by atoms with Crippen LogP contribution in [0.3, 0.4) is 0 Å². The summed E-state index contributed by atoms with van der Waals surface area (Å²) in [7, 11) is 0. The zero-order chi connectivity index (χ0) is 18.9. The molecule has 1 aliphatic carbocycles. The van der Waals surface area contributed by atoms with E-state index in [1.165, 1.54) is 23.7 Å². The van der Waals surface area contributed by atoms with E-state index in [4.69, 9.17) is 9.47 Å². The van der Waals surface area contributed by atoms with Crippen LogP contribution in [0.2, 0.25) is 0 Å². The van der Waals surface area contributed by atoms with Gasteiger partial charge in [0.05, 0.1) is 12.6 Å². The highest BCUT2D eigenvalue weighted by molar-refractivity contribution is 5.78. The van der Waals surface area contributed by atoms with Gasteiger partial charge in [0.1, 0.15) is 12.4 Å². The summed E-state index contributed by atoms with van der Waals surface area (Å²) >= 11 is 0. The van der Waals surface area contributed by atoms with E-state index in [1.54, 1.807) is 12.1 Å². The Hall–Kier alpha value is -3.00. The highest BCUT2D eigenvalue weighted by atomic mass is 16.5. The number of hydrogen-bond donors (Lipinski definition) is 0. The molecule has 1 amide bonds. The lowest BCUT2D eigenvalue weighted by molar-refractivity contribution is -0.150. The predicted octanol–water partition coefficient (Wildman–Crippen LogP) is 1.88. The van der Waals surface area contributed by atoms with Crippen molar-refractivity contribution in [1.29, 1.82) is 0 Å². The van der Waals surface area contributed by atoms with Crippen LogP contribution in [0.4, 0.5) is 0 Å². The third-order valence-corrected chi connectivity index (χ3v) is 5.28. The van der Waals surface area contributed by atoms with E-state index in [1.807, 2.05) is 23.1 Å². The van der Waals surface area contributed by atoms with Crippen molar-refractivity contribution in [3.63, 3.8) is 0 Å². The number of amides is 1. The van der Waals surface area contributed by atoms with Gasteiger partial charge in [-0.1, -0.05) is 30.3 Å². The summed E-state index contributed by atoms with van der Waals surface area (Å²) in [5.41, 5.74) is 1.73. The Balaban J connectivity index is 1.27. The molecule has 8 nitrogen and oxygen atoms in total. The summed E-state index contributed by atoms with van der Waals surface area (Å²) in [4.78, 5) is 14.7. The Bertz CT molecular complexity index is 972. The van der Waals surface area contributed by atoms with Gasteiger partial charge in [-0.2, -0.15) is 4.52 Å². The number of carbonyl (C=O) groups excluding carboxylic acids is 1. The van der Waals surface area contributed by atoms with Crippen LogP contribution in [0.25, 0.3) is 5.65 Å². The number of aromatic nitrogens is 4. The van der Waals surface area contributed by atoms with Crippen LogP contribution >= 0.6 is 0 Å². The zero-order valence-electron chi connectivity index (χ0n) is 15.3. The minimum absolute atomic E-state index is 0.0551. The number of fused-ring (bicyclic) bond motifs is 1. The third-order valence-electron chi connectivity index (χ3n) is 5.28. The number of carbonyl (C=O) groups is 1. The van der Waals surface area contributed by atoms with E-state index in [0.717, 1.165) is 5.56 Å². The lowest BCUT2D eigenvalue weighted by atomic mass is 10.0. The average Bonchev–Trinajstić information content (AvgIpc) is 3.50. The van der Waals surface area contributed by atoms with Gasteiger partial charge in [-0.25, -0.2) is 0 Å². The molecule has 1 aromatic carbocycles. The topological polar surface area (TPSA) is 81.8 Å². The maximum atomic E-state index is 12.8. The summed E-state index contributed by atoms with van der Waals surface area (Å²) in [5, 5.41) is 11.9. The van der Waals surface area contributed by atoms with Crippen LogP contribution < -0.4 is 4.74 Å². The van der Waals surface area contributed by atoms with Gasteiger partial charge in [-0.3, -0.25) is 4.79 Å². The van der Waals surface area contributed by atoms with Gasteiger partial charge in [0.15, 0.2) is 12.3 Å². The molecule has 2 aliphatic rings. The Morgan fingerprint density at radius 3 is 2.82 bits per heavy atom. The van der Waals surface area contributed by atoms with E-state index in [2.05, 4.69) is 27.4 Å². The van der Waals surface area contributed by atoms with E-state index in [0.29, 0.717) is 30.5 Å². The SMILES string of the molecule is O=C(COc1ccc2nncn2n1)N1C[C@@H](c2ccccc2)O[C@@H](C2CC2)C1. The second kappa shape index (κ2) is 7.20. The summed E-state index contributed by atoms with van der Waals surface area (Å²) in [5.74, 6) is 0.869. The molecule has 0 spiro atoms. The summed E-state index contributed by atoms with van der Waals surface area (Å²) in [6.45, 7) is 1.10. The fourth-order valence-corrected chi connectivity index (χ4v) is 3.59. The summed E-state index contributed by atoms with van der Waals surface area (Å²) in [6.07, 6.45) is 3.84. The van der Waals surface area contributed by atoms with E-state index >= 15 is 0 Å². The number of benzene rings is 1. The number of hydrogen-bond acceptors (Lipinski definition) is 6. The molecule has 8 heteroatoms. The fourth-order valence-electron chi connectivity index (χ4n) is 3.59. The predicted molar refractivity (Wildman–Crippen MR) is 99.6 cm³/mol. The van der Waals surface area contributed by atoms with Crippen molar-refractivity contribution >= 4 is 11.6 Å². The Morgan fingerprint density at radius 1 is 1.14 bits per heavy atom. The quantitative estimate of drug-likeness (QED) is 0.673. The average molecular weight is 379 g/mol. The fraction of sp³-hybridized carbons (Fsp3) is 0.400. The van der Waals surface area contributed by atoms with Crippen LogP contribution in [-0.2, 0) is 9.53 Å². The Kier molecular flexibility index (Phi) is 4.40. The summed E-state index contributed by atoms with van der Waals surface area (Å²) < 4.78 is 13.5. The molecule has 0 bridgehead atoms. The van der Waals surface area contributed by atoms with Crippen molar-refractivity contribution in [3.05, 3.63) is 54.4 Å². The molecule has 144 valence electrons. The molecule has 2 aromatic heterocycles. The van der Waals surface area contributed by atoms with Crippen molar-refractivity contribution in [2.75, 3.05) is 19.7 Å². The number of morpholine rings is 1. The highest BCUT2D eigenvalue weighted by Gasteiger charge is 2.40. The third kappa shape index (κ3) is 3.55. The number of ether oxygens (including phenoxy) is 2. The first kappa shape index (κ1) is 17.1. The smallest absolute Gasteiger partial charge is 0.260 e. The van der Waals surface area contributed by atoms with E-state index in [-0.39, 0.29) is 24.7 Å². The highest BCUT2D eigenvalue weighted by Crippen LogP contribution is 2.39. The maximum absolute atomic E-state index is 12.8. The molecular weight excluding hydrogens is 358 g/mol. The Labute approximate surface area is 162 Å². The van der Waals surface area contributed by atoms with Crippen molar-refractivity contribution in [1.82, 2.24) is 24.7 Å². The van der Waals surface area contributed by atoms with Gasteiger partial charge < -0.3 is 14.4 Å². The number of nitrogens with zero attached hydrogens (tertiary/aromatic N) is 5. The van der Waals surface area contributed by atoms with Crippen LogP contribution in [0.5, 0.6) is 5.88 Å². The normalized spacial score (nSPS) is 22.4. The molecule has 5 rings (SSSR count). The van der Waals surface area contributed by atoms with Gasteiger partial charge in [0.2, 0.25) is 5.88 Å². The van der Waals surface area contributed by atoms with Crippen LogP contribution in [-0.4, -0.2) is 56.4 Å². The van der Waals surface area contributed by atoms with Crippen molar-refractivity contribution in [2.45, 2.75) is 25.0 Å². The minimum Gasteiger partial charge on any atom is -0.467 e. The second-order valence-electron chi connectivity index (χ2n) is 7.30. The molecule has 2 fully saturated rings. The summed E-state index contributed by atoms with van der Waals surface area (Å²) in [6, 6.07) is 13.5. The lowest BCUT2D eigenvalue weighted by Crippen LogP contribution is -2.49. The molecule has 0 unspecified atom stereocenters. The molecule has 2 atom stereocenters. The van der Waals surface area contributed by atoms with Gasteiger partial charge in [-0.15, -0.1) is 15.3 Å². The van der Waals surface area contributed by atoms with Crippen molar-refractivity contribution in [3.8, 4) is 5.88 Å². The van der Waals surface area contributed by atoms with E-state index in [9.17, 15) is 4.79 Å². The Morgan fingerprint density at radius 2 is 2.00 bits per heavy atom. The maximum Gasteiger partial charge on any atom is 0.260 e. The molecule has 1 aliphatic heterocycles. The first-order valence-corrected chi connectivity index (χ1v) is 9.54. The monoisotopic (exact) mass is 379 g/mol. The lowest BCUT2D eigenvalue weighted by Gasteiger charge is -2.38. The molecular formula is C20H21N5O3. The van der Waals surface area contributed by atoms with E-state index < -0.39 is 0 Å². The molecule has 3 aromatic rings. The van der Waals surface area contributed by atoms with Crippen molar-refractivity contribution in [2.24, 2.45) is 5.92 Å². The van der Waals surface area contributed by atoms with Crippen LogP contribution in [0, 0.1) is 5.92 Å². The molecule has 28 heavy (non-hydrogen) atoms. The first-order chi connectivity index (χ1) is 13.8. The first-order valence-electron chi connectivity index (χ1n) is 9.54. The molecule has 3 heterocycles.